The molecule has 0 bridgehead atoms. The molecule has 2 heterocycles. The second-order valence-electron chi connectivity index (χ2n) is 6.22. The number of rotatable bonds is 2. The van der Waals surface area contributed by atoms with Crippen LogP contribution < -0.4 is 0 Å². The molecule has 22 heavy (non-hydrogen) atoms. The quantitative estimate of drug-likeness (QED) is 0.927. The molecule has 1 saturated heterocycles. The number of morpholine rings is 1. The van der Waals surface area contributed by atoms with E-state index >= 15 is 0 Å². The predicted octanol–water partition coefficient (Wildman–Crippen LogP) is 2.95. The van der Waals surface area contributed by atoms with E-state index in [-0.39, 0.29) is 17.8 Å². The van der Waals surface area contributed by atoms with E-state index in [0.717, 1.165) is 0 Å². The standard InChI is InChI=1S/C17H19FN2O2/c18-13-5-2-6-14-12(13)9-15(19-14)17(21)20-7-8-22-10-16(20)11-3-1-4-11/h2,5-6,9,11,16,19H,1,3-4,7-8,10H2. The lowest BCUT2D eigenvalue weighted by molar-refractivity contribution is -0.0332. The summed E-state index contributed by atoms with van der Waals surface area (Å²) in [5, 5.41) is 0.472. The van der Waals surface area contributed by atoms with Gasteiger partial charge in [-0.25, -0.2) is 4.39 Å². The zero-order valence-corrected chi connectivity index (χ0v) is 12.3. The Bertz CT molecular complexity index is 708. The molecule has 1 saturated carbocycles. The molecule has 0 radical (unpaired) electrons. The van der Waals surface area contributed by atoms with Crippen LogP contribution in [-0.2, 0) is 4.74 Å². The maximum absolute atomic E-state index is 13.8. The highest BCUT2D eigenvalue weighted by molar-refractivity contribution is 5.98. The normalized spacial score (nSPS) is 22.8. The van der Waals surface area contributed by atoms with Gasteiger partial charge in [0.15, 0.2) is 0 Å². The van der Waals surface area contributed by atoms with E-state index in [2.05, 4.69) is 4.98 Å². The highest BCUT2D eigenvalue weighted by atomic mass is 19.1. The SMILES string of the molecule is O=C(c1cc2c(F)cccc2[nH]1)N1CCOCC1C1CCC1. The van der Waals surface area contributed by atoms with E-state index in [4.69, 9.17) is 4.74 Å². The monoisotopic (exact) mass is 302 g/mol. The first-order valence-corrected chi connectivity index (χ1v) is 7.90. The number of H-pyrrole nitrogens is 1. The molecule has 2 aliphatic rings. The third-order valence-electron chi connectivity index (χ3n) is 4.96. The fraction of sp³-hybridized carbons (Fsp3) is 0.471. The minimum Gasteiger partial charge on any atom is -0.377 e. The predicted molar refractivity (Wildman–Crippen MR) is 81.2 cm³/mol. The van der Waals surface area contributed by atoms with Gasteiger partial charge in [0.25, 0.3) is 5.91 Å². The molecule has 1 aromatic carbocycles. The number of hydrogen-bond acceptors (Lipinski definition) is 2. The molecule has 1 atom stereocenters. The molecule has 1 amide bonds. The summed E-state index contributed by atoms with van der Waals surface area (Å²) in [4.78, 5) is 17.8. The smallest absolute Gasteiger partial charge is 0.270 e. The van der Waals surface area contributed by atoms with Gasteiger partial charge < -0.3 is 14.6 Å². The molecule has 0 spiro atoms. The molecule has 1 unspecified atom stereocenters. The van der Waals surface area contributed by atoms with E-state index in [0.29, 0.717) is 42.3 Å². The summed E-state index contributed by atoms with van der Waals surface area (Å²) in [6, 6.07) is 6.63. The average Bonchev–Trinajstić information content (AvgIpc) is 2.91. The zero-order chi connectivity index (χ0) is 15.1. The van der Waals surface area contributed by atoms with Crippen LogP contribution in [0, 0.1) is 11.7 Å². The van der Waals surface area contributed by atoms with Gasteiger partial charge in [0.05, 0.1) is 19.3 Å². The molecular weight excluding hydrogens is 283 g/mol. The number of nitrogens with one attached hydrogen (secondary N) is 1. The Labute approximate surface area is 128 Å². The fourth-order valence-corrected chi connectivity index (χ4v) is 3.48. The Morgan fingerprint density at radius 3 is 2.95 bits per heavy atom. The van der Waals surface area contributed by atoms with E-state index in [1.165, 1.54) is 25.3 Å². The van der Waals surface area contributed by atoms with Crippen molar-refractivity contribution in [3.63, 3.8) is 0 Å². The second-order valence-corrected chi connectivity index (χ2v) is 6.22. The van der Waals surface area contributed by atoms with Gasteiger partial charge in [-0.05, 0) is 37.0 Å². The summed E-state index contributed by atoms with van der Waals surface area (Å²) in [7, 11) is 0. The summed E-state index contributed by atoms with van der Waals surface area (Å²) >= 11 is 0. The minimum atomic E-state index is -0.301. The van der Waals surface area contributed by atoms with Crippen LogP contribution in [0.1, 0.15) is 29.8 Å². The van der Waals surface area contributed by atoms with Crippen molar-refractivity contribution in [1.29, 1.82) is 0 Å². The number of hydrogen-bond donors (Lipinski definition) is 1. The van der Waals surface area contributed by atoms with Crippen LogP contribution in [0.5, 0.6) is 0 Å². The van der Waals surface area contributed by atoms with Gasteiger partial charge in [0.2, 0.25) is 0 Å². The van der Waals surface area contributed by atoms with Gasteiger partial charge in [-0.15, -0.1) is 0 Å². The topological polar surface area (TPSA) is 45.3 Å². The number of amides is 1. The Morgan fingerprint density at radius 1 is 1.36 bits per heavy atom. The van der Waals surface area contributed by atoms with Gasteiger partial charge in [-0.3, -0.25) is 4.79 Å². The first-order valence-electron chi connectivity index (χ1n) is 7.90. The number of nitrogens with zero attached hydrogens (tertiary/aromatic N) is 1. The number of halogens is 1. The second kappa shape index (κ2) is 5.39. The van der Waals surface area contributed by atoms with Crippen LogP contribution in [0.4, 0.5) is 4.39 Å². The highest BCUT2D eigenvalue weighted by Gasteiger charge is 2.37. The van der Waals surface area contributed by atoms with Crippen LogP contribution in [-0.4, -0.2) is 41.6 Å². The van der Waals surface area contributed by atoms with Crippen LogP contribution in [0.15, 0.2) is 24.3 Å². The fourth-order valence-electron chi connectivity index (χ4n) is 3.48. The molecule has 4 rings (SSSR count). The molecule has 2 aromatic rings. The number of aromatic nitrogens is 1. The summed E-state index contributed by atoms with van der Waals surface area (Å²) in [6.45, 7) is 1.80. The van der Waals surface area contributed by atoms with Crippen LogP contribution >= 0.6 is 0 Å². The molecule has 1 aliphatic heterocycles. The van der Waals surface area contributed by atoms with Crippen molar-refractivity contribution in [3.8, 4) is 0 Å². The lowest BCUT2D eigenvalue weighted by atomic mass is 9.79. The molecular formula is C17H19FN2O2. The maximum atomic E-state index is 13.8. The third kappa shape index (κ3) is 2.20. The van der Waals surface area contributed by atoms with Crippen LogP contribution in [0.2, 0.25) is 0 Å². The summed E-state index contributed by atoms with van der Waals surface area (Å²) < 4.78 is 19.4. The van der Waals surface area contributed by atoms with E-state index in [1.54, 1.807) is 18.2 Å². The Hall–Kier alpha value is -1.88. The van der Waals surface area contributed by atoms with Crippen molar-refractivity contribution in [2.24, 2.45) is 5.92 Å². The van der Waals surface area contributed by atoms with Gasteiger partial charge in [-0.1, -0.05) is 12.5 Å². The van der Waals surface area contributed by atoms with Crippen molar-refractivity contribution < 1.29 is 13.9 Å². The van der Waals surface area contributed by atoms with Gasteiger partial charge in [0.1, 0.15) is 11.5 Å². The Balaban J connectivity index is 1.64. The number of carbonyl (C=O) groups excluding carboxylic acids is 1. The number of aromatic amines is 1. The molecule has 1 aliphatic carbocycles. The summed E-state index contributed by atoms with van der Waals surface area (Å²) in [6.07, 6.45) is 3.57. The van der Waals surface area contributed by atoms with Crippen molar-refractivity contribution in [2.75, 3.05) is 19.8 Å². The molecule has 1 N–H and O–H groups in total. The van der Waals surface area contributed by atoms with Crippen molar-refractivity contribution >= 4 is 16.8 Å². The number of carbonyl (C=O) groups is 1. The maximum Gasteiger partial charge on any atom is 0.270 e. The summed E-state index contributed by atoms with van der Waals surface area (Å²) in [5.74, 6) is 0.200. The minimum absolute atomic E-state index is 0.0456. The van der Waals surface area contributed by atoms with Crippen LogP contribution in [0.3, 0.4) is 0 Å². The molecule has 4 nitrogen and oxygen atoms in total. The van der Waals surface area contributed by atoms with Crippen LogP contribution in [0.25, 0.3) is 10.9 Å². The first-order chi connectivity index (χ1) is 10.7. The number of fused-ring (bicyclic) bond motifs is 1. The third-order valence-corrected chi connectivity index (χ3v) is 4.96. The van der Waals surface area contributed by atoms with Gasteiger partial charge >= 0.3 is 0 Å². The summed E-state index contributed by atoms with van der Waals surface area (Å²) in [5.41, 5.74) is 1.13. The van der Waals surface area contributed by atoms with Gasteiger partial charge in [0, 0.05) is 17.4 Å². The molecule has 2 fully saturated rings. The van der Waals surface area contributed by atoms with E-state index in [9.17, 15) is 9.18 Å². The van der Waals surface area contributed by atoms with E-state index < -0.39 is 0 Å². The Kier molecular flexibility index (Phi) is 3.37. The highest BCUT2D eigenvalue weighted by Crippen LogP contribution is 2.34. The average molecular weight is 302 g/mol. The molecule has 116 valence electrons. The number of benzene rings is 1. The van der Waals surface area contributed by atoms with Gasteiger partial charge in [-0.2, -0.15) is 0 Å². The molecule has 1 aromatic heterocycles. The zero-order valence-electron chi connectivity index (χ0n) is 12.3. The first kappa shape index (κ1) is 13.8. The largest absolute Gasteiger partial charge is 0.377 e. The van der Waals surface area contributed by atoms with Crippen molar-refractivity contribution in [3.05, 3.63) is 35.8 Å². The molecule has 5 heteroatoms. The van der Waals surface area contributed by atoms with Crippen molar-refractivity contribution in [1.82, 2.24) is 9.88 Å². The lowest BCUT2D eigenvalue weighted by Crippen LogP contribution is -2.53. The lowest BCUT2D eigenvalue weighted by Gasteiger charge is -2.43. The van der Waals surface area contributed by atoms with Crippen molar-refractivity contribution in [2.45, 2.75) is 25.3 Å². The van der Waals surface area contributed by atoms with E-state index in [1.807, 2.05) is 4.90 Å². The Morgan fingerprint density at radius 2 is 2.23 bits per heavy atom. The number of ether oxygens (including phenoxy) is 1.